The highest BCUT2D eigenvalue weighted by atomic mass is 16.3. The molecule has 1 aliphatic rings. The molecule has 0 spiro atoms. The summed E-state index contributed by atoms with van der Waals surface area (Å²) in [5, 5.41) is 17.4. The first-order valence-electron chi connectivity index (χ1n) is 9.65. The van der Waals surface area contributed by atoms with E-state index in [1.165, 1.54) is 10.8 Å². The minimum Gasteiger partial charge on any atom is -0.391 e. The highest BCUT2D eigenvalue weighted by Crippen LogP contribution is 2.31. The maximum atomic E-state index is 12.9. The predicted octanol–water partition coefficient (Wildman–Crippen LogP) is 3.44. The van der Waals surface area contributed by atoms with Gasteiger partial charge in [0.2, 0.25) is 0 Å². The second kappa shape index (κ2) is 7.53. The van der Waals surface area contributed by atoms with Gasteiger partial charge >= 0.3 is 0 Å². The van der Waals surface area contributed by atoms with Crippen LogP contribution in [0.15, 0.2) is 54.7 Å². The van der Waals surface area contributed by atoms with Crippen LogP contribution in [0.1, 0.15) is 41.7 Å². The summed E-state index contributed by atoms with van der Waals surface area (Å²) in [5.74, 6) is 0.0103. The van der Waals surface area contributed by atoms with Gasteiger partial charge in [0.05, 0.1) is 6.10 Å². The Balaban J connectivity index is 1.50. The molecule has 0 radical (unpaired) electrons. The van der Waals surface area contributed by atoms with Gasteiger partial charge in [-0.1, -0.05) is 49.4 Å². The third-order valence-corrected chi connectivity index (χ3v) is 5.44. The summed E-state index contributed by atoms with van der Waals surface area (Å²) in [5.41, 5.74) is 1.75. The molecule has 0 aliphatic carbocycles. The van der Waals surface area contributed by atoms with Crippen molar-refractivity contribution in [2.45, 2.75) is 38.3 Å². The molecule has 0 saturated carbocycles. The van der Waals surface area contributed by atoms with E-state index in [9.17, 15) is 9.90 Å². The van der Waals surface area contributed by atoms with Crippen LogP contribution in [-0.2, 0) is 6.54 Å². The highest BCUT2D eigenvalue weighted by molar-refractivity contribution is 5.92. The van der Waals surface area contributed by atoms with Crippen LogP contribution in [0.3, 0.4) is 0 Å². The van der Waals surface area contributed by atoms with E-state index in [0.29, 0.717) is 18.8 Å². The van der Waals surface area contributed by atoms with Crippen LogP contribution in [0.25, 0.3) is 10.8 Å². The van der Waals surface area contributed by atoms with Crippen molar-refractivity contribution in [1.29, 1.82) is 0 Å². The van der Waals surface area contributed by atoms with Gasteiger partial charge in [-0.2, -0.15) is 5.10 Å². The SMILES string of the molecule is CCCn1nccc1C(=O)N1CC[C@@H](c2ccc3ccccc3c2)[C@H](O)C1. The molecule has 2 aromatic carbocycles. The van der Waals surface area contributed by atoms with Crippen LogP contribution in [0, 0.1) is 0 Å². The lowest BCUT2D eigenvalue weighted by Gasteiger charge is -2.36. The van der Waals surface area contributed by atoms with Crippen LogP contribution in [-0.4, -0.2) is 44.9 Å². The van der Waals surface area contributed by atoms with E-state index in [-0.39, 0.29) is 11.8 Å². The van der Waals surface area contributed by atoms with Crippen LogP contribution in [0.2, 0.25) is 0 Å². The number of carbonyl (C=O) groups is 1. The Morgan fingerprint density at radius 2 is 2.00 bits per heavy atom. The largest absolute Gasteiger partial charge is 0.391 e. The summed E-state index contributed by atoms with van der Waals surface area (Å²) in [6.45, 7) is 3.79. The Morgan fingerprint density at radius 1 is 1.19 bits per heavy atom. The quantitative estimate of drug-likeness (QED) is 0.772. The van der Waals surface area contributed by atoms with Gasteiger partial charge in [0.25, 0.3) is 5.91 Å². The molecule has 1 aliphatic heterocycles. The van der Waals surface area contributed by atoms with Crippen LogP contribution >= 0.6 is 0 Å². The lowest BCUT2D eigenvalue weighted by molar-refractivity contribution is 0.0373. The molecular formula is C22H25N3O2. The molecule has 1 fully saturated rings. The number of aliphatic hydroxyl groups is 1. The summed E-state index contributed by atoms with van der Waals surface area (Å²) in [7, 11) is 0. The summed E-state index contributed by atoms with van der Waals surface area (Å²) in [6.07, 6.45) is 2.79. The third-order valence-electron chi connectivity index (χ3n) is 5.44. The van der Waals surface area contributed by atoms with Gasteiger partial charge in [0.1, 0.15) is 5.69 Å². The Bertz CT molecular complexity index is 949. The van der Waals surface area contributed by atoms with Crippen LogP contribution in [0.4, 0.5) is 0 Å². The number of aromatic nitrogens is 2. The number of carbonyl (C=O) groups excluding carboxylic acids is 1. The number of piperidine rings is 1. The normalized spacial score (nSPS) is 20.1. The highest BCUT2D eigenvalue weighted by Gasteiger charge is 2.32. The smallest absolute Gasteiger partial charge is 0.272 e. The molecule has 5 nitrogen and oxygen atoms in total. The topological polar surface area (TPSA) is 58.4 Å². The molecule has 3 aromatic rings. The van der Waals surface area contributed by atoms with Crippen molar-refractivity contribution in [3.05, 3.63) is 66.0 Å². The fourth-order valence-corrected chi connectivity index (χ4v) is 4.01. The molecule has 2 heterocycles. The number of aryl methyl sites for hydroxylation is 1. The van der Waals surface area contributed by atoms with E-state index in [1.54, 1.807) is 21.8 Å². The molecule has 1 amide bonds. The number of fused-ring (bicyclic) bond motifs is 1. The second-order valence-corrected chi connectivity index (χ2v) is 7.26. The number of rotatable bonds is 4. The maximum absolute atomic E-state index is 12.9. The Labute approximate surface area is 159 Å². The van der Waals surface area contributed by atoms with Gasteiger partial charge in [-0.25, -0.2) is 0 Å². The van der Waals surface area contributed by atoms with Gasteiger partial charge < -0.3 is 10.0 Å². The molecule has 4 rings (SSSR count). The zero-order chi connectivity index (χ0) is 18.8. The van der Waals surface area contributed by atoms with Crippen molar-refractivity contribution in [3.8, 4) is 0 Å². The van der Waals surface area contributed by atoms with Gasteiger partial charge in [0, 0.05) is 31.7 Å². The zero-order valence-corrected chi connectivity index (χ0v) is 15.6. The third kappa shape index (κ3) is 3.47. The van der Waals surface area contributed by atoms with E-state index in [4.69, 9.17) is 0 Å². The molecule has 1 saturated heterocycles. The summed E-state index contributed by atoms with van der Waals surface area (Å²) < 4.78 is 1.75. The average Bonchev–Trinajstić information content (AvgIpc) is 3.15. The average molecular weight is 363 g/mol. The molecule has 5 heteroatoms. The predicted molar refractivity (Wildman–Crippen MR) is 106 cm³/mol. The molecule has 0 unspecified atom stereocenters. The van der Waals surface area contributed by atoms with Crippen molar-refractivity contribution in [2.75, 3.05) is 13.1 Å². The number of aliphatic hydroxyl groups excluding tert-OH is 1. The van der Waals surface area contributed by atoms with E-state index >= 15 is 0 Å². The number of β-amino-alcohol motifs (C(OH)–C–C–N with tert-alkyl or cyclic N) is 1. The van der Waals surface area contributed by atoms with Crippen molar-refractivity contribution in [2.24, 2.45) is 0 Å². The molecule has 2 atom stereocenters. The van der Waals surface area contributed by atoms with Crippen molar-refractivity contribution in [1.82, 2.24) is 14.7 Å². The fourth-order valence-electron chi connectivity index (χ4n) is 4.01. The number of amides is 1. The number of hydrogen-bond donors (Lipinski definition) is 1. The fraction of sp³-hybridized carbons (Fsp3) is 0.364. The first-order chi connectivity index (χ1) is 13.2. The number of hydrogen-bond acceptors (Lipinski definition) is 3. The van der Waals surface area contributed by atoms with E-state index in [0.717, 1.165) is 24.9 Å². The molecule has 27 heavy (non-hydrogen) atoms. The first kappa shape index (κ1) is 17.7. The van der Waals surface area contributed by atoms with Gasteiger partial charge in [-0.05, 0) is 35.2 Å². The zero-order valence-electron chi connectivity index (χ0n) is 15.6. The number of likely N-dealkylation sites (tertiary alicyclic amines) is 1. The summed E-state index contributed by atoms with van der Waals surface area (Å²) >= 11 is 0. The van der Waals surface area contributed by atoms with Gasteiger partial charge in [-0.3, -0.25) is 9.48 Å². The Morgan fingerprint density at radius 3 is 2.78 bits per heavy atom. The van der Waals surface area contributed by atoms with E-state index in [1.807, 2.05) is 12.1 Å². The summed E-state index contributed by atoms with van der Waals surface area (Å²) in [6, 6.07) is 16.4. The lowest BCUT2D eigenvalue weighted by Crippen LogP contribution is -2.46. The first-order valence-corrected chi connectivity index (χ1v) is 9.65. The Kier molecular flexibility index (Phi) is 4.94. The number of benzene rings is 2. The maximum Gasteiger partial charge on any atom is 0.272 e. The van der Waals surface area contributed by atoms with Gasteiger partial charge in [-0.15, -0.1) is 0 Å². The lowest BCUT2D eigenvalue weighted by atomic mass is 9.86. The molecular weight excluding hydrogens is 338 g/mol. The van der Waals surface area contributed by atoms with Crippen molar-refractivity contribution >= 4 is 16.7 Å². The van der Waals surface area contributed by atoms with E-state index in [2.05, 4.69) is 42.4 Å². The molecule has 140 valence electrons. The van der Waals surface area contributed by atoms with Crippen LogP contribution < -0.4 is 0 Å². The van der Waals surface area contributed by atoms with Crippen molar-refractivity contribution in [3.63, 3.8) is 0 Å². The minimum atomic E-state index is -0.564. The van der Waals surface area contributed by atoms with E-state index < -0.39 is 6.10 Å². The van der Waals surface area contributed by atoms with Crippen molar-refractivity contribution < 1.29 is 9.90 Å². The second-order valence-electron chi connectivity index (χ2n) is 7.26. The standard InChI is InChI=1S/C22H25N3O2/c1-2-12-25-20(9-11-23-25)22(27)24-13-10-19(21(26)15-24)18-8-7-16-5-3-4-6-17(16)14-18/h3-9,11,14,19,21,26H,2,10,12-13,15H2,1H3/t19-,21+/m0/s1. The minimum absolute atomic E-state index is 0.0445. The van der Waals surface area contributed by atoms with Crippen LogP contribution in [0.5, 0.6) is 0 Å². The number of nitrogens with zero attached hydrogens (tertiary/aromatic N) is 3. The summed E-state index contributed by atoms with van der Waals surface area (Å²) in [4.78, 5) is 14.6. The molecule has 1 aromatic heterocycles. The molecule has 1 N–H and O–H groups in total. The molecule has 0 bridgehead atoms. The van der Waals surface area contributed by atoms with Gasteiger partial charge in [0.15, 0.2) is 0 Å². The monoisotopic (exact) mass is 363 g/mol. The Hall–Kier alpha value is -2.66.